The second kappa shape index (κ2) is 4.04. The zero-order valence-corrected chi connectivity index (χ0v) is 8.11. The molecule has 0 N–H and O–H groups in total. The van der Waals surface area contributed by atoms with Crippen LogP contribution in [0.4, 0.5) is 5.69 Å². The quantitative estimate of drug-likeness (QED) is 0.426. The summed E-state index contributed by atoms with van der Waals surface area (Å²) in [6.07, 6.45) is 2.22. The summed E-state index contributed by atoms with van der Waals surface area (Å²) in [5.74, 6) is 0.0124. The van der Waals surface area contributed by atoms with Crippen molar-refractivity contribution in [2.45, 2.75) is 0 Å². The van der Waals surface area contributed by atoms with Crippen LogP contribution in [0.1, 0.15) is 0 Å². The molecule has 0 saturated heterocycles. The maximum Gasteiger partial charge on any atom is 0.306 e. The van der Waals surface area contributed by atoms with Crippen LogP contribution < -0.4 is 4.18 Å². The topological polar surface area (TPSA) is 72.8 Å². The van der Waals surface area contributed by atoms with Crippen molar-refractivity contribution < 1.29 is 17.4 Å². The van der Waals surface area contributed by atoms with Crippen LogP contribution in [0.5, 0.6) is 5.75 Å². The molecule has 1 rings (SSSR count). The molecule has 0 bridgehead atoms. The molecule has 0 fully saturated rings. The Morgan fingerprint density at radius 1 is 1.36 bits per heavy atom. The molecule has 14 heavy (non-hydrogen) atoms. The van der Waals surface area contributed by atoms with Gasteiger partial charge in [0, 0.05) is 0 Å². The van der Waals surface area contributed by atoms with Gasteiger partial charge in [-0.05, 0) is 12.1 Å². The zero-order valence-electron chi connectivity index (χ0n) is 7.30. The van der Waals surface area contributed by atoms with Crippen molar-refractivity contribution in [3.63, 3.8) is 0 Å². The summed E-state index contributed by atoms with van der Waals surface area (Å²) in [5.41, 5.74) is 0.132. The first-order valence-corrected chi connectivity index (χ1v) is 5.41. The third-order valence-electron chi connectivity index (χ3n) is 1.27. The molecule has 6 heteroatoms. The summed E-state index contributed by atoms with van der Waals surface area (Å²) < 4.78 is 26.2. The van der Waals surface area contributed by atoms with E-state index in [9.17, 15) is 13.2 Å². The number of aliphatic imine (C=N–C) groups is 1. The standard InChI is InChI=1S/C8H7NO4S/c1-14(11,12)13-8-5-3-2-4-7(8)9-6-10/h2-5H,1H3. The molecule has 0 saturated carbocycles. The lowest BCUT2D eigenvalue weighted by atomic mass is 10.3. The highest BCUT2D eigenvalue weighted by molar-refractivity contribution is 7.86. The zero-order chi connectivity index (χ0) is 10.6. The maximum absolute atomic E-state index is 10.8. The first kappa shape index (κ1) is 10.4. The summed E-state index contributed by atoms with van der Waals surface area (Å²) in [7, 11) is -3.61. The second-order valence-corrected chi connectivity index (χ2v) is 4.03. The monoisotopic (exact) mass is 213 g/mol. The molecule has 74 valence electrons. The highest BCUT2D eigenvalue weighted by atomic mass is 32.2. The van der Waals surface area contributed by atoms with Crippen LogP contribution >= 0.6 is 0 Å². The van der Waals surface area contributed by atoms with Crippen molar-refractivity contribution in [1.29, 1.82) is 0 Å². The lowest BCUT2D eigenvalue weighted by Gasteiger charge is -2.03. The molecule has 1 aromatic rings. The summed E-state index contributed by atoms with van der Waals surface area (Å²) >= 11 is 0. The van der Waals surface area contributed by atoms with Gasteiger partial charge in [0.15, 0.2) is 5.75 Å². The highest BCUT2D eigenvalue weighted by Gasteiger charge is 2.08. The van der Waals surface area contributed by atoms with Gasteiger partial charge in [0.25, 0.3) is 0 Å². The summed E-state index contributed by atoms with van der Waals surface area (Å²) in [5, 5.41) is 0. The van der Waals surface area contributed by atoms with Crippen molar-refractivity contribution in [1.82, 2.24) is 0 Å². The molecular weight excluding hydrogens is 206 g/mol. The molecule has 0 amide bonds. The molecule has 0 radical (unpaired) electrons. The summed E-state index contributed by atoms with van der Waals surface area (Å²) in [6, 6.07) is 6.03. The van der Waals surface area contributed by atoms with Crippen molar-refractivity contribution in [2.75, 3.05) is 6.26 Å². The maximum atomic E-state index is 10.8. The highest BCUT2D eigenvalue weighted by Crippen LogP contribution is 2.27. The Balaban J connectivity index is 3.14. The number of para-hydroxylation sites is 2. The van der Waals surface area contributed by atoms with Gasteiger partial charge in [0.1, 0.15) is 5.69 Å². The van der Waals surface area contributed by atoms with Crippen LogP contribution in [0.15, 0.2) is 29.3 Å². The number of rotatable bonds is 3. The lowest BCUT2D eigenvalue weighted by Crippen LogP contribution is -2.05. The van der Waals surface area contributed by atoms with E-state index in [0.29, 0.717) is 0 Å². The van der Waals surface area contributed by atoms with E-state index in [-0.39, 0.29) is 11.4 Å². The lowest BCUT2D eigenvalue weighted by molar-refractivity contribution is 0.493. The number of benzene rings is 1. The number of hydrogen-bond acceptors (Lipinski definition) is 5. The fourth-order valence-corrected chi connectivity index (χ4v) is 1.30. The van der Waals surface area contributed by atoms with E-state index in [1.165, 1.54) is 18.2 Å². The van der Waals surface area contributed by atoms with E-state index in [0.717, 1.165) is 6.26 Å². The SMILES string of the molecule is CS(=O)(=O)Oc1ccccc1N=C=O. The molecule has 0 aliphatic rings. The van der Waals surface area contributed by atoms with E-state index in [2.05, 4.69) is 9.18 Å². The van der Waals surface area contributed by atoms with Gasteiger partial charge in [-0.25, -0.2) is 4.79 Å². The van der Waals surface area contributed by atoms with Gasteiger partial charge in [-0.3, -0.25) is 0 Å². The largest absolute Gasteiger partial charge is 0.380 e. The third kappa shape index (κ3) is 3.01. The van der Waals surface area contributed by atoms with Gasteiger partial charge in [-0.1, -0.05) is 12.1 Å². The van der Waals surface area contributed by atoms with Crippen molar-refractivity contribution in [3.8, 4) is 5.75 Å². The van der Waals surface area contributed by atoms with E-state index in [1.807, 2.05) is 0 Å². The molecule has 0 heterocycles. The fraction of sp³-hybridized carbons (Fsp3) is 0.125. The Morgan fingerprint density at radius 3 is 2.57 bits per heavy atom. The molecule has 0 spiro atoms. The Morgan fingerprint density at radius 2 is 2.00 bits per heavy atom. The van der Waals surface area contributed by atoms with Gasteiger partial charge in [0.05, 0.1) is 6.26 Å². The average Bonchev–Trinajstić information content (AvgIpc) is 2.06. The van der Waals surface area contributed by atoms with Crippen LogP contribution in [0.2, 0.25) is 0 Å². The smallest absolute Gasteiger partial charge is 0.306 e. The van der Waals surface area contributed by atoms with Crippen molar-refractivity contribution in [2.24, 2.45) is 4.99 Å². The number of carbonyl (C=O) groups excluding carboxylic acids is 1. The molecule has 0 unspecified atom stereocenters. The van der Waals surface area contributed by atoms with Gasteiger partial charge < -0.3 is 4.18 Å². The van der Waals surface area contributed by atoms with Gasteiger partial charge in [-0.15, -0.1) is 0 Å². The third-order valence-corrected chi connectivity index (χ3v) is 1.75. The normalized spacial score (nSPS) is 10.4. The summed E-state index contributed by atoms with van der Waals surface area (Å²) in [6.45, 7) is 0. The van der Waals surface area contributed by atoms with Gasteiger partial charge in [0.2, 0.25) is 6.08 Å². The predicted octanol–water partition coefficient (Wildman–Crippen LogP) is 0.992. The minimum Gasteiger partial charge on any atom is -0.380 e. The molecule has 0 aliphatic heterocycles. The van der Waals surface area contributed by atoms with Crippen LogP contribution in [-0.4, -0.2) is 20.8 Å². The van der Waals surface area contributed by atoms with E-state index in [4.69, 9.17) is 0 Å². The Bertz CT molecular complexity index is 474. The van der Waals surface area contributed by atoms with Crippen LogP contribution in [-0.2, 0) is 14.9 Å². The molecule has 5 nitrogen and oxygen atoms in total. The average molecular weight is 213 g/mol. The van der Waals surface area contributed by atoms with Gasteiger partial charge >= 0.3 is 10.1 Å². The minimum absolute atomic E-state index is 0.0124. The molecule has 0 atom stereocenters. The molecular formula is C8H7NO4S. The molecule has 1 aromatic carbocycles. The predicted molar refractivity (Wildman–Crippen MR) is 49.7 cm³/mol. The fourth-order valence-electron chi connectivity index (χ4n) is 0.832. The van der Waals surface area contributed by atoms with Crippen molar-refractivity contribution in [3.05, 3.63) is 24.3 Å². The minimum atomic E-state index is -3.61. The second-order valence-electron chi connectivity index (χ2n) is 2.46. The van der Waals surface area contributed by atoms with E-state index < -0.39 is 10.1 Å². The summed E-state index contributed by atoms with van der Waals surface area (Å²) in [4.78, 5) is 13.3. The number of hydrogen-bond donors (Lipinski definition) is 0. The number of isocyanates is 1. The van der Waals surface area contributed by atoms with Gasteiger partial charge in [-0.2, -0.15) is 13.4 Å². The van der Waals surface area contributed by atoms with E-state index >= 15 is 0 Å². The van der Waals surface area contributed by atoms with E-state index in [1.54, 1.807) is 12.1 Å². The molecule has 0 aromatic heterocycles. The van der Waals surface area contributed by atoms with Crippen molar-refractivity contribution >= 4 is 21.9 Å². The van der Waals surface area contributed by atoms with Crippen LogP contribution in [0.3, 0.4) is 0 Å². The number of nitrogens with zero attached hydrogens (tertiary/aromatic N) is 1. The first-order chi connectivity index (χ1) is 6.53. The Kier molecular flexibility index (Phi) is 3.01. The Labute approximate surface area is 81.2 Å². The molecule has 0 aliphatic carbocycles. The first-order valence-electron chi connectivity index (χ1n) is 3.59. The Hall–Kier alpha value is -1.65. The van der Waals surface area contributed by atoms with Crippen LogP contribution in [0, 0.1) is 0 Å². The van der Waals surface area contributed by atoms with Crippen LogP contribution in [0.25, 0.3) is 0 Å².